The van der Waals surface area contributed by atoms with Gasteiger partial charge in [-0.1, -0.05) is 23.7 Å². The lowest BCUT2D eigenvalue weighted by atomic mass is 10.1. The van der Waals surface area contributed by atoms with Gasteiger partial charge in [-0.15, -0.1) is 0 Å². The first-order valence-corrected chi connectivity index (χ1v) is 9.40. The molecular weight excluding hydrogens is 426 g/mol. The molecule has 0 aromatic heterocycles. The maximum Gasteiger partial charge on any atom is 0.328 e. The van der Waals surface area contributed by atoms with E-state index in [4.69, 9.17) is 21.1 Å². The van der Waals surface area contributed by atoms with Crippen LogP contribution in [-0.4, -0.2) is 37.5 Å². The van der Waals surface area contributed by atoms with Crippen molar-refractivity contribution in [1.29, 1.82) is 0 Å². The van der Waals surface area contributed by atoms with Crippen molar-refractivity contribution >= 4 is 47.1 Å². The molecule has 31 heavy (non-hydrogen) atoms. The molecule has 5 amide bonds. The first kappa shape index (κ1) is 21.8. The van der Waals surface area contributed by atoms with Gasteiger partial charge in [0.05, 0.1) is 12.1 Å². The Hall–Kier alpha value is -3.85. The van der Waals surface area contributed by atoms with E-state index in [-0.39, 0.29) is 28.7 Å². The summed E-state index contributed by atoms with van der Waals surface area (Å²) in [6, 6.07) is 9.32. The zero-order chi connectivity index (χ0) is 22.5. The van der Waals surface area contributed by atoms with Crippen LogP contribution in [0.15, 0.2) is 42.0 Å². The van der Waals surface area contributed by atoms with Crippen molar-refractivity contribution < 1.29 is 28.7 Å². The Morgan fingerprint density at radius 2 is 1.84 bits per heavy atom. The molecule has 0 atom stereocenters. The largest absolute Gasteiger partial charge is 0.493 e. The molecule has 2 aromatic rings. The normalized spacial score (nSPS) is 13.3. The van der Waals surface area contributed by atoms with Gasteiger partial charge >= 0.3 is 6.03 Å². The summed E-state index contributed by atoms with van der Waals surface area (Å²) in [7, 11) is 1.38. The fraction of sp³-hybridized carbons (Fsp3) is 0.143. The predicted molar refractivity (Wildman–Crippen MR) is 113 cm³/mol. The van der Waals surface area contributed by atoms with Crippen molar-refractivity contribution in [2.24, 2.45) is 0 Å². The Bertz CT molecular complexity index is 1090. The third-order valence-electron chi connectivity index (χ3n) is 4.16. The second-order valence-corrected chi connectivity index (χ2v) is 6.94. The van der Waals surface area contributed by atoms with Crippen molar-refractivity contribution in [1.82, 2.24) is 10.6 Å². The van der Waals surface area contributed by atoms with Crippen molar-refractivity contribution in [3.8, 4) is 11.5 Å². The van der Waals surface area contributed by atoms with Crippen LogP contribution in [-0.2, 0) is 14.4 Å². The second kappa shape index (κ2) is 9.31. The number of carbonyl (C=O) groups excluding carboxylic acids is 4. The highest BCUT2D eigenvalue weighted by atomic mass is 35.5. The molecule has 9 nitrogen and oxygen atoms in total. The number of imide groups is 2. The summed E-state index contributed by atoms with van der Waals surface area (Å²) in [4.78, 5) is 47.1. The number of nitrogens with one attached hydrogen (secondary N) is 3. The average molecular weight is 444 g/mol. The van der Waals surface area contributed by atoms with E-state index in [1.54, 1.807) is 6.07 Å². The minimum absolute atomic E-state index is 0.0993. The summed E-state index contributed by atoms with van der Waals surface area (Å²) in [6.07, 6.45) is 1.25. The smallest absolute Gasteiger partial charge is 0.328 e. The highest BCUT2D eigenvalue weighted by Gasteiger charge is 2.28. The lowest BCUT2D eigenvalue weighted by Gasteiger charge is -2.15. The van der Waals surface area contributed by atoms with Crippen molar-refractivity contribution in [3.05, 3.63) is 58.1 Å². The number of aryl methyl sites for hydroxylation is 1. The molecule has 2 aromatic carbocycles. The lowest BCUT2D eigenvalue weighted by Crippen LogP contribution is -2.51. The van der Waals surface area contributed by atoms with Crippen LogP contribution in [0.4, 0.5) is 10.5 Å². The van der Waals surface area contributed by atoms with E-state index < -0.39 is 23.8 Å². The van der Waals surface area contributed by atoms with Gasteiger partial charge < -0.3 is 14.8 Å². The molecule has 0 radical (unpaired) electrons. The molecular formula is C21H18ClN3O6. The molecule has 1 saturated heterocycles. The summed E-state index contributed by atoms with van der Waals surface area (Å²) in [5.41, 5.74) is 1.71. The van der Waals surface area contributed by atoms with E-state index in [1.807, 2.05) is 35.8 Å². The zero-order valence-electron chi connectivity index (χ0n) is 16.6. The van der Waals surface area contributed by atoms with Gasteiger partial charge in [-0.2, -0.15) is 0 Å². The molecule has 0 bridgehead atoms. The monoisotopic (exact) mass is 443 g/mol. The van der Waals surface area contributed by atoms with Gasteiger partial charge in [0.2, 0.25) is 0 Å². The molecule has 0 aliphatic carbocycles. The topological polar surface area (TPSA) is 123 Å². The molecule has 0 saturated carbocycles. The van der Waals surface area contributed by atoms with Crippen molar-refractivity contribution in [3.63, 3.8) is 0 Å². The zero-order valence-corrected chi connectivity index (χ0v) is 17.3. The molecule has 1 fully saturated rings. The van der Waals surface area contributed by atoms with Crippen LogP contribution < -0.4 is 25.4 Å². The number of urea groups is 1. The molecule has 3 N–H and O–H groups in total. The van der Waals surface area contributed by atoms with Crippen LogP contribution >= 0.6 is 11.6 Å². The number of rotatable bonds is 6. The molecule has 0 unspecified atom stereocenters. The maximum atomic E-state index is 12.2. The minimum Gasteiger partial charge on any atom is -0.493 e. The molecule has 10 heteroatoms. The van der Waals surface area contributed by atoms with Gasteiger partial charge in [0, 0.05) is 5.69 Å². The van der Waals surface area contributed by atoms with Crippen LogP contribution in [0.25, 0.3) is 6.08 Å². The van der Waals surface area contributed by atoms with Crippen LogP contribution in [0.2, 0.25) is 5.02 Å². The van der Waals surface area contributed by atoms with E-state index in [9.17, 15) is 19.2 Å². The molecule has 1 aliphatic heterocycles. The molecule has 3 rings (SSSR count). The molecule has 160 valence electrons. The number of halogens is 1. The Balaban J connectivity index is 1.76. The van der Waals surface area contributed by atoms with E-state index in [2.05, 4.69) is 5.32 Å². The van der Waals surface area contributed by atoms with Crippen molar-refractivity contribution in [2.45, 2.75) is 6.92 Å². The average Bonchev–Trinajstić information content (AvgIpc) is 2.69. The SMILES string of the molecule is COc1cc(C=C2C(=O)NC(=O)NC2=O)cc(Cl)c1OCC(=O)Nc1cccc(C)c1. The highest BCUT2D eigenvalue weighted by Crippen LogP contribution is 2.37. The standard InChI is InChI=1S/C21H18ClN3O6/c1-11-4-3-5-13(6-11)23-17(26)10-31-18-15(22)8-12(9-16(18)30-2)7-14-19(27)24-21(29)25-20(14)28/h3-9H,10H2,1-2H3,(H,23,26)(H2,24,25,27,28,29). The van der Waals surface area contributed by atoms with E-state index in [1.165, 1.54) is 25.3 Å². The number of barbiturate groups is 1. The van der Waals surface area contributed by atoms with Gasteiger partial charge in [-0.25, -0.2) is 4.79 Å². The number of benzene rings is 2. The maximum absolute atomic E-state index is 12.2. The third-order valence-corrected chi connectivity index (χ3v) is 4.44. The quantitative estimate of drug-likeness (QED) is 0.465. The first-order valence-electron chi connectivity index (χ1n) is 9.02. The Kier molecular flexibility index (Phi) is 6.56. The molecule has 0 spiro atoms. The van der Waals surface area contributed by atoms with Gasteiger partial charge in [-0.3, -0.25) is 25.0 Å². The number of anilines is 1. The van der Waals surface area contributed by atoms with Gasteiger partial charge in [-0.05, 0) is 48.4 Å². The van der Waals surface area contributed by atoms with Crippen molar-refractivity contribution in [2.75, 3.05) is 19.0 Å². The number of hydrogen-bond acceptors (Lipinski definition) is 6. The molecule has 1 aliphatic rings. The van der Waals surface area contributed by atoms with Gasteiger partial charge in [0.1, 0.15) is 5.57 Å². The summed E-state index contributed by atoms with van der Waals surface area (Å²) in [5.74, 6) is -1.75. The van der Waals surface area contributed by atoms with E-state index in [0.717, 1.165) is 5.56 Å². The molecule has 1 heterocycles. The van der Waals surface area contributed by atoms with Crippen LogP contribution in [0, 0.1) is 6.92 Å². The minimum atomic E-state index is -0.893. The summed E-state index contributed by atoms with van der Waals surface area (Å²) in [6.45, 7) is 1.59. The highest BCUT2D eigenvalue weighted by molar-refractivity contribution is 6.33. The van der Waals surface area contributed by atoms with Gasteiger partial charge in [0.25, 0.3) is 17.7 Å². The third kappa shape index (κ3) is 5.40. The van der Waals surface area contributed by atoms with Crippen LogP contribution in [0.3, 0.4) is 0 Å². The fourth-order valence-electron chi connectivity index (χ4n) is 2.79. The summed E-state index contributed by atoms with van der Waals surface area (Å²) < 4.78 is 10.8. The Morgan fingerprint density at radius 1 is 1.13 bits per heavy atom. The first-order chi connectivity index (χ1) is 14.8. The summed E-state index contributed by atoms with van der Waals surface area (Å²) in [5, 5.41) is 6.77. The van der Waals surface area contributed by atoms with E-state index in [0.29, 0.717) is 11.3 Å². The van der Waals surface area contributed by atoms with Crippen LogP contribution in [0.5, 0.6) is 11.5 Å². The number of ether oxygens (including phenoxy) is 2. The number of hydrogen-bond donors (Lipinski definition) is 3. The summed E-state index contributed by atoms with van der Waals surface area (Å²) >= 11 is 6.27. The number of amides is 5. The van der Waals surface area contributed by atoms with Gasteiger partial charge in [0.15, 0.2) is 18.1 Å². The van der Waals surface area contributed by atoms with Crippen LogP contribution in [0.1, 0.15) is 11.1 Å². The Labute approximate surface area is 182 Å². The fourth-order valence-corrected chi connectivity index (χ4v) is 3.07. The predicted octanol–water partition coefficient (Wildman–Crippen LogP) is 2.42. The second-order valence-electron chi connectivity index (χ2n) is 6.54. The lowest BCUT2D eigenvalue weighted by molar-refractivity contribution is -0.124. The number of carbonyl (C=O) groups is 4. The Morgan fingerprint density at radius 3 is 2.48 bits per heavy atom. The number of methoxy groups -OCH3 is 1. The van der Waals surface area contributed by atoms with E-state index >= 15 is 0 Å².